The van der Waals surface area contributed by atoms with Gasteiger partial charge in [0.05, 0.1) is 0 Å². The molecule has 3 N–H and O–H groups in total. The topological polar surface area (TPSA) is 53.1 Å². The molecular formula is C26H33N3. The molecule has 0 aliphatic carbocycles. The van der Waals surface area contributed by atoms with Gasteiger partial charge in [0.1, 0.15) is 5.84 Å². The van der Waals surface area contributed by atoms with Crippen LogP contribution in [0, 0.1) is 5.41 Å². The zero-order chi connectivity index (χ0) is 21.2. The second kappa shape index (κ2) is 11.2. The summed E-state index contributed by atoms with van der Waals surface area (Å²) in [5.41, 5.74) is 11.4. The van der Waals surface area contributed by atoms with Gasteiger partial charge in [-0.2, -0.15) is 0 Å². The summed E-state index contributed by atoms with van der Waals surface area (Å²) in [5.74, 6) is 0.109. The van der Waals surface area contributed by atoms with Gasteiger partial charge in [0.25, 0.3) is 0 Å². The van der Waals surface area contributed by atoms with Crippen molar-refractivity contribution in [3.05, 3.63) is 102 Å². The standard InChI is InChI=1S/C26H33N3/c1-5-8-25(7-3)29(4)18-17-24-19-21(13-14-22(24)6-2)10-9-20-11-15-23(16-12-20)26(27)28/h5-7,11-16,19,25H,1-3,8-10,17-18H2,4H3,(H3,27,28). The van der Waals surface area contributed by atoms with E-state index in [9.17, 15) is 0 Å². The minimum Gasteiger partial charge on any atom is -0.384 e. The molecule has 29 heavy (non-hydrogen) atoms. The molecule has 2 rings (SSSR count). The Morgan fingerprint density at radius 3 is 2.28 bits per heavy atom. The molecule has 0 aliphatic rings. The summed E-state index contributed by atoms with van der Waals surface area (Å²) >= 11 is 0. The number of aryl methyl sites for hydroxylation is 2. The molecule has 152 valence electrons. The SMILES string of the molecule is C=CCC(C=C)N(C)CCc1cc(CCc2ccc(C(=N)N)cc2)ccc1C=C. The van der Waals surface area contributed by atoms with Crippen LogP contribution in [0.2, 0.25) is 0 Å². The number of likely N-dealkylation sites (N-methyl/N-ethyl adjacent to an activating group) is 1. The normalized spacial score (nSPS) is 11.8. The van der Waals surface area contributed by atoms with Crippen molar-refractivity contribution in [1.29, 1.82) is 5.41 Å². The minimum absolute atomic E-state index is 0.109. The molecule has 0 saturated carbocycles. The van der Waals surface area contributed by atoms with Gasteiger partial charge in [0, 0.05) is 18.2 Å². The fourth-order valence-electron chi connectivity index (χ4n) is 3.46. The smallest absolute Gasteiger partial charge is 0.122 e. The zero-order valence-corrected chi connectivity index (χ0v) is 17.5. The molecule has 1 atom stereocenters. The Kier molecular flexibility index (Phi) is 8.63. The van der Waals surface area contributed by atoms with Gasteiger partial charge in [-0.1, -0.05) is 67.3 Å². The van der Waals surface area contributed by atoms with Crippen LogP contribution in [0.25, 0.3) is 6.08 Å². The van der Waals surface area contributed by atoms with Crippen LogP contribution in [-0.4, -0.2) is 30.4 Å². The maximum absolute atomic E-state index is 7.49. The molecular weight excluding hydrogens is 354 g/mol. The Balaban J connectivity index is 2.03. The third-order valence-electron chi connectivity index (χ3n) is 5.37. The zero-order valence-electron chi connectivity index (χ0n) is 17.5. The average Bonchev–Trinajstić information content (AvgIpc) is 2.74. The molecule has 0 spiro atoms. The van der Waals surface area contributed by atoms with Crippen LogP contribution in [0.1, 0.15) is 34.2 Å². The van der Waals surface area contributed by atoms with Crippen molar-refractivity contribution in [3.8, 4) is 0 Å². The van der Waals surface area contributed by atoms with E-state index in [1.807, 2.05) is 30.4 Å². The minimum atomic E-state index is 0.109. The molecule has 0 aliphatic heterocycles. The number of hydrogen-bond donors (Lipinski definition) is 2. The molecule has 2 aromatic carbocycles. The van der Waals surface area contributed by atoms with Gasteiger partial charge in [0.2, 0.25) is 0 Å². The van der Waals surface area contributed by atoms with E-state index in [2.05, 4.69) is 62.0 Å². The molecule has 0 heterocycles. The predicted octanol–water partition coefficient (Wildman–Crippen LogP) is 5.00. The number of nitrogen functional groups attached to an aromatic ring is 1. The highest BCUT2D eigenvalue weighted by Gasteiger charge is 2.10. The quantitative estimate of drug-likeness (QED) is 0.306. The Bertz CT molecular complexity index is 849. The molecule has 2 aromatic rings. The third kappa shape index (κ3) is 6.58. The highest BCUT2D eigenvalue weighted by molar-refractivity contribution is 5.94. The second-order valence-corrected chi connectivity index (χ2v) is 7.41. The van der Waals surface area contributed by atoms with Gasteiger partial charge in [-0.15, -0.1) is 13.2 Å². The maximum Gasteiger partial charge on any atom is 0.122 e. The Hall–Kier alpha value is -2.91. The monoisotopic (exact) mass is 387 g/mol. The van der Waals surface area contributed by atoms with Crippen LogP contribution in [0.5, 0.6) is 0 Å². The summed E-state index contributed by atoms with van der Waals surface area (Å²) in [6.45, 7) is 12.7. The molecule has 0 amide bonds. The van der Waals surface area contributed by atoms with Crippen molar-refractivity contribution >= 4 is 11.9 Å². The Labute approximate surface area is 175 Å². The Morgan fingerprint density at radius 1 is 1.03 bits per heavy atom. The van der Waals surface area contributed by atoms with Crippen LogP contribution in [0.3, 0.4) is 0 Å². The molecule has 0 bridgehead atoms. The Morgan fingerprint density at radius 2 is 1.69 bits per heavy atom. The second-order valence-electron chi connectivity index (χ2n) is 7.41. The first-order valence-electron chi connectivity index (χ1n) is 10.1. The number of hydrogen-bond acceptors (Lipinski definition) is 2. The molecule has 1 unspecified atom stereocenters. The number of nitrogens with zero attached hydrogens (tertiary/aromatic N) is 1. The molecule has 3 nitrogen and oxygen atoms in total. The summed E-state index contributed by atoms with van der Waals surface area (Å²) in [6.07, 6.45) is 9.70. The summed E-state index contributed by atoms with van der Waals surface area (Å²) in [6, 6.07) is 14.9. The first-order chi connectivity index (χ1) is 14.0. The van der Waals surface area contributed by atoms with Gasteiger partial charge in [-0.05, 0) is 55.0 Å². The third-order valence-corrected chi connectivity index (χ3v) is 5.37. The van der Waals surface area contributed by atoms with E-state index in [-0.39, 0.29) is 5.84 Å². The maximum atomic E-state index is 7.49. The number of rotatable bonds is 12. The van der Waals surface area contributed by atoms with E-state index in [4.69, 9.17) is 11.1 Å². The first kappa shape index (κ1) is 22.4. The lowest BCUT2D eigenvalue weighted by molar-refractivity contribution is 0.286. The summed E-state index contributed by atoms with van der Waals surface area (Å²) in [5, 5.41) is 7.49. The van der Waals surface area contributed by atoms with Crippen molar-refractivity contribution in [2.45, 2.75) is 31.7 Å². The van der Waals surface area contributed by atoms with Crippen LogP contribution in [0.15, 0.2) is 74.4 Å². The molecule has 3 heteroatoms. The number of nitrogens with one attached hydrogen (secondary N) is 1. The lowest BCUT2D eigenvalue weighted by atomic mass is 9.97. The molecule has 0 saturated heterocycles. The predicted molar refractivity (Wildman–Crippen MR) is 127 cm³/mol. The van der Waals surface area contributed by atoms with Gasteiger partial charge in [0.15, 0.2) is 0 Å². The lowest BCUT2D eigenvalue weighted by Gasteiger charge is -2.24. The molecule has 0 fully saturated rings. The summed E-state index contributed by atoms with van der Waals surface area (Å²) in [4.78, 5) is 2.32. The first-order valence-corrected chi connectivity index (χ1v) is 10.1. The number of benzene rings is 2. The average molecular weight is 388 g/mol. The van der Waals surface area contributed by atoms with E-state index in [0.29, 0.717) is 6.04 Å². The van der Waals surface area contributed by atoms with Gasteiger partial charge < -0.3 is 5.73 Å². The highest BCUT2D eigenvalue weighted by Crippen LogP contribution is 2.18. The summed E-state index contributed by atoms with van der Waals surface area (Å²) in [7, 11) is 2.14. The van der Waals surface area contributed by atoms with E-state index >= 15 is 0 Å². The number of nitrogens with two attached hydrogens (primary N) is 1. The van der Waals surface area contributed by atoms with E-state index in [1.54, 1.807) is 0 Å². The fourth-order valence-corrected chi connectivity index (χ4v) is 3.46. The van der Waals surface area contributed by atoms with Crippen LogP contribution in [0.4, 0.5) is 0 Å². The fraction of sp³-hybridized carbons (Fsp3) is 0.269. The van der Waals surface area contributed by atoms with Crippen LogP contribution < -0.4 is 5.73 Å². The van der Waals surface area contributed by atoms with Crippen molar-refractivity contribution in [2.24, 2.45) is 5.73 Å². The summed E-state index contributed by atoms with van der Waals surface area (Å²) < 4.78 is 0. The van der Waals surface area contributed by atoms with Crippen molar-refractivity contribution in [2.75, 3.05) is 13.6 Å². The number of amidine groups is 1. The molecule has 0 radical (unpaired) electrons. The van der Waals surface area contributed by atoms with Crippen LogP contribution in [-0.2, 0) is 19.3 Å². The van der Waals surface area contributed by atoms with E-state index < -0.39 is 0 Å². The van der Waals surface area contributed by atoms with Gasteiger partial charge in [-0.3, -0.25) is 10.3 Å². The van der Waals surface area contributed by atoms with E-state index in [1.165, 1.54) is 22.3 Å². The van der Waals surface area contributed by atoms with Crippen LogP contribution >= 0.6 is 0 Å². The molecule has 0 aromatic heterocycles. The largest absolute Gasteiger partial charge is 0.384 e. The highest BCUT2D eigenvalue weighted by atomic mass is 15.1. The van der Waals surface area contributed by atoms with Gasteiger partial charge in [-0.25, -0.2) is 0 Å². The lowest BCUT2D eigenvalue weighted by Crippen LogP contribution is -2.31. The van der Waals surface area contributed by atoms with Crippen molar-refractivity contribution in [1.82, 2.24) is 4.90 Å². The van der Waals surface area contributed by atoms with E-state index in [0.717, 1.165) is 37.8 Å². The van der Waals surface area contributed by atoms with Crippen molar-refractivity contribution < 1.29 is 0 Å². The van der Waals surface area contributed by atoms with Gasteiger partial charge >= 0.3 is 0 Å². The van der Waals surface area contributed by atoms with Crippen molar-refractivity contribution in [3.63, 3.8) is 0 Å².